The van der Waals surface area contributed by atoms with Crippen molar-refractivity contribution >= 4 is 29.1 Å². The van der Waals surface area contributed by atoms with Gasteiger partial charge in [0.15, 0.2) is 5.75 Å². The van der Waals surface area contributed by atoms with E-state index in [1.807, 2.05) is 13.8 Å². The lowest BCUT2D eigenvalue weighted by Gasteiger charge is -2.16. The molecule has 6 heteroatoms. The van der Waals surface area contributed by atoms with Gasteiger partial charge in [-0.3, -0.25) is 9.59 Å². The van der Waals surface area contributed by atoms with Crippen LogP contribution in [0.25, 0.3) is 0 Å². The van der Waals surface area contributed by atoms with E-state index >= 15 is 0 Å². The Morgan fingerprint density at radius 3 is 2.86 bits per heavy atom. The zero-order chi connectivity index (χ0) is 15.4. The number of hydrogen-bond acceptors (Lipinski definition) is 3. The molecule has 21 heavy (non-hydrogen) atoms. The number of carbonyl (C=O) groups excluding carboxylic acids is 2. The monoisotopic (exact) mass is 310 g/mol. The van der Waals surface area contributed by atoms with Gasteiger partial charge >= 0.3 is 0 Å². The van der Waals surface area contributed by atoms with Gasteiger partial charge < -0.3 is 15.0 Å². The molecule has 0 aromatic heterocycles. The number of nitrogens with zero attached hydrogens (tertiary/aromatic N) is 1. The molecule has 1 unspecified atom stereocenters. The van der Waals surface area contributed by atoms with Crippen LogP contribution in [0.2, 0.25) is 5.02 Å². The summed E-state index contributed by atoms with van der Waals surface area (Å²) in [5.41, 5.74) is 0.539. The molecule has 1 N–H and O–H groups in total. The zero-order valence-electron chi connectivity index (χ0n) is 12.2. The minimum absolute atomic E-state index is 0.0220. The summed E-state index contributed by atoms with van der Waals surface area (Å²) in [6.45, 7) is 5.31. The van der Waals surface area contributed by atoms with Gasteiger partial charge in [0.05, 0.1) is 23.2 Å². The second kappa shape index (κ2) is 6.80. The van der Waals surface area contributed by atoms with Crippen molar-refractivity contribution in [3.63, 3.8) is 0 Å². The third-order valence-electron chi connectivity index (χ3n) is 3.48. The molecule has 2 rings (SSSR count). The van der Waals surface area contributed by atoms with E-state index in [0.717, 1.165) is 0 Å². The molecule has 0 radical (unpaired) electrons. The first-order chi connectivity index (χ1) is 10.1. The summed E-state index contributed by atoms with van der Waals surface area (Å²) in [6.07, 6.45) is 0.254. The highest BCUT2D eigenvalue weighted by atomic mass is 35.5. The Labute approximate surface area is 129 Å². The van der Waals surface area contributed by atoms with E-state index in [1.165, 1.54) is 0 Å². The fraction of sp³-hybridized carbons (Fsp3) is 0.467. The molecule has 0 saturated carbocycles. The molecule has 0 aliphatic carbocycles. The van der Waals surface area contributed by atoms with E-state index in [1.54, 1.807) is 23.1 Å². The number of hydrogen-bond donors (Lipinski definition) is 1. The van der Waals surface area contributed by atoms with E-state index in [0.29, 0.717) is 36.2 Å². The number of para-hydroxylation sites is 1. The topological polar surface area (TPSA) is 58.6 Å². The fourth-order valence-corrected chi connectivity index (χ4v) is 2.62. The van der Waals surface area contributed by atoms with Gasteiger partial charge in [0.25, 0.3) is 0 Å². The molecule has 114 valence electrons. The number of halogens is 1. The smallest absolute Gasteiger partial charge is 0.229 e. The Kier molecular flexibility index (Phi) is 5.07. The van der Waals surface area contributed by atoms with Crippen molar-refractivity contribution in [3.05, 3.63) is 23.2 Å². The largest absolute Gasteiger partial charge is 0.490 e. The molecule has 1 saturated heterocycles. The normalized spacial score (nSPS) is 18.0. The Balaban J connectivity index is 2.10. The van der Waals surface area contributed by atoms with Crippen LogP contribution in [0.15, 0.2) is 18.2 Å². The molecule has 5 nitrogen and oxygen atoms in total. The first-order valence-corrected chi connectivity index (χ1v) is 7.44. The first-order valence-electron chi connectivity index (χ1n) is 7.06. The van der Waals surface area contributed by atoms with E-state index < -0.39 is 0 Å². The van der Waals surface area contributed by atoms with Crippen LogP contribution >= 0.6 is 11.6 Å². The molecule has 1 aromatic rings. The van der Waals surface area contributed by atoms with Crippen molar-refractivity contribution in [2.24, 2.45) is 5.92 Å². The summed E-state index contributed by atoms with van der Waals surface area (Å²) < 4.78 is 5.47. The van der Waals surface area contributed by atoms with Crippen LogP contribution in [-0.2, 0) is 9.59 Å². The summed E-state index contributed by atoms with van der Waals surface area (Å²) in [7, 11) is 0. The second-order valence-corrected chi connectivity index (χ2v) is 5.28. The zero-order valence-corrected chi connectivity index (χ0v) is 12.9. The summed E-state index contributed by atoms with van der Waals surface area (Å²) in [6, 6.07) is 5.20. The van der Waals surface area contributed by atoms with Crippen LogP contribution in [0.3, 0.4) is 0 Å². The van der Waals surface area contributed by atoms with Crippen LogP contribution in [-0.4, -0.2) is 36.4 Å². The second-order valence-electron chi connectivity index (χ2n) is 4.87. The highest BCUT2D eigenvalue weighted by molar-refractivity contribution is 6.32. The Hall–Kier alpha value is -1.75. The number of nitrogens with one attached hydrogen (secondary N) is 1. The number of amides is 2. The van der Waals surface area contributed by atoms with Crippen LogP contribution in [0.5, 0.6) is 5.75 Å². The average Bonchev–Trinajstić information content (AvgIpc) is 2.84. The Bertz CT molecular complexity index is 548. The van der Waals surface area contributed by atoms with Gasteiger partial charge in [-0.15, -0.1) is 0 Å². The van der Waals surface area contributed by atoms with Crippen molar-refractivity contribution in [2.45, 2.75) is 20.3 Å². The predicted octanol–water partition coefficient (Wildman–Crippen LogP) is 2.55. The van der Waals surface area contributed by atoms with Gasteiger partial charge in [-0.25, -0.2) is 0 Å². The summed E-state index contributed by atoms with van der Waals surface area (Å²) in [5, 5.41) is 3.27. The number of anilines is 1. The number of rotatable bonds is 5. The molecule has 0 bridgehead atoms. The van der Waals surface area contributed by atoms with Crippen molar-refractivity contribution < 1.29 is 14.3 Å². The molecule has 1 aliphatic heterocycles. The van der Waals surface area contributed by atoms with E-state index in [-0.39, 0.29) is 24.2 Å². The maximum absolute atomic E-state index is 12.3. The Morgan fingerprint density at radius 1 is 1.48 bits per heavy atom. The lowest BCUT2D eigenvalue weighted by Crippen LogP contribution is -2.28. The van der Waals surface area contributed by atoms with Crippen molar-refractivity contribution in [3.8, 4) is 5.75 Å². The number of likely N-dealkylation sites (tertiary alicyclic amines) is 1. The fourth-order valence-electron chi connectivity index (χ4n) is 2.39. The quantitative estimate of drug-likeness (QED) is 0.909. The Morgan fingerprint density at radius 2 is 2.24 bits per heavy atom. The van der Waals surface area contributed by atoms with Gasteiger partial charge in [0, 0.05) is 19.5 Å². The van der Waals surface area contributed by atoms with Gasteiger partial charge in [-0.05, 0) is 26.0 Å². The maximum atomic E-state index is 12.3. The van der Waals surface area contributed by atoms with Crippen LogP contribution in [0, 0.1) is 5.92 Å². The molecule has 1 atom stereocenters. The van der Waals surface area contributed by atoms with Crippen LogP contribution in [0.1, 0.15) is 20.3 Å². The average molecular weight is 311 g/mol. The van der Waals surface area contributed by atoms with E-state index in [4.69, 9.17) is 16.3 Å². The maximum Gasteiger partial charge on any atom is 0.229 e. The van der Waals surface area contributed by atoms with Gasteiger partial charge in [-0.2, -0.15) is 0 Å². The van der Waals surface area contributed by atoms with E-state index in [2.05, 4.69) is 5.32 Å². The van der Waals surface area contributed by atoms with Gasteiger partial charge in [0.1, 0.15) is 0 Å². The highest BCUT2D eigenvalue weighted by Crippen LogP contribution is 2.33. The first kappa shape index (κ1) is 15.6. The molecule has 2 amide bonds. The summed E-state index contributed by atoms with van der Waals surface area (Å²) in [4.78, 5) is 25.7. The SMILES string of the molecule is CCOc1c(Cl)cccc1NC(=O)C1CC(=O)N(CC)C1. The highest BCUT2D eigenvalue weighted by Gasteiger charge is 2.33. The van der Waals surface area contributed by atoms with E-state index in [9.17, 15) is 9.59 Å². The third-order valence-corrected chi connectivity index (χ3v) is 3.78. The molecular weight excluding hydrogens is 292 g/mol. The molecule has 1 aliphatic rings. The predicted molar refractivity (Wildman–Crippen MR) is 81.6 cm³/mol. The molecule has 1 fully saturated rings. The number of benzene rings is 1. The lowest BCUT2D eigenvalue weighted by molar-refractivity contribution is -0.128. The standard InChI is InChI=1S/C15H19ClN2O3/c1-3-18-9-10(8-13(18)19)15(20)17-12-7-5-6-11(16)14(12)21-4-2/h5-7,10H,3-4,8-9H2,1-2H3,(H,17,20). The summed E-state index contributed by atoms with van der Waals surface area (Å²) >= 11 is 6.08. The van der Waals surface area contributed by atoms with Crippen molar-refractivity contribution in [1.82, 2.24) is 4.90 Å². The van der Waals surface area contributed by atoms with Crippen LogP contribution < -0.4 is 10.1 Å². The minimum Gasteiger partial charge on any atom is -0.490 e. The summed E-state index contributed by atoms with van der Waals surface area (Å²) in [5.74, 6) is -0.0195. The molecule has 1 aromatic carbocycles. The third kappa shape index (κ3) is 3.47. The molecule has 1 heterocycles. The molecular formula is C15H19ClN2O3. The van der Waals surface area contributed by atoms with Crippen LogP contribution in [0.4, 0.5) is 5.69 Å². The van der Waals surface area contributed by atoms with Crippen molar-refractivity contribution in [2.75, 3.05) is 25.0 Å². The lowest BCUT2D eigenvalue weighted by atomic mass is 10.1. The van der Waals surface area contributed by atoms with Crippen molar-refractivity contribution in [1.29, 1.82) is 0 Å². The molecule has 0 spiro atoms. The van der Waals surface area contributed by atoms with Gasteiger partial charge in [-0.1, -0.05) is 17.7 Å². The number of carbonyl (C=O) groups is 2. The number of ether oxygens (including phenoxy) is 1. The van der Waals surface area contributed by atoms with Gasteiger partial charge in [0.2, 0.25) is 11.8 Å². The minimum atomic E-state index is -0.328.